The van der Waals surface area contributed by atoms with Crippen molar-refractivity contribution < 1.29 is 15.3 Å². The molecule has 0 atom stereocenters. The van der Waals surface area contributed by atoms with Crippen LogP contribution < -0.4 is 11.2 Å². The molecule has 0 amide bonds. The van der Waals surface area contributed by atoms with Crippen LogP contribution in [0.25, 0.3) is 0 Å². The SMILES string of the molecule is CC.NN1CC2(CC(N(C3CCNCC3)C(O)(O)O)C2)C1. The van der Waals surface area contributed by atoms with E-state index in [0.29, 0.717) is 0 Å². The lowest BCUT2D eigenvalue weighted by atomic mass is 9.60. The topological polar surface area (TPSA) is 105 Å². The van der Waals surface area contributed by atoms with E-state index in [-0.39, 0.29) is 17.5 Å². The first-order valence-electron chi connectivity index (χ1n) is 8.06. The fraction of sp³-hybridized carbons (Fsp3) is 1.00. The van der Waals surface area contributed by atoms with E-state index in [0.717, 1.165) is 51.9 Å². The van der Waals surface area contributed by atoms with Gasteiger partial charge in [-0.25, -0.2) is 9.91 Å². The highest BCUT2D eigenvalue weighted by Gasteiger charge is 2.56. The van der Waals surface area contributed by atoms with Crippen molar-refractivity contribution in [3.8, 4) is 0 Å². The van der Waals surface area contributed by atoms with E-state index in [9.17, 15) is 15.3 Å². The van der Waals surface area contributed by atoms with Crippen LogP contribution in [0.5, 0.6) is 0 Å². The number of piperidine rings is 1. The average Bonchev–Trinajstić information content (AvgIpc) is 2.36. The third-order valence-corrected chi connectivity index (χ3v) is 4.86. The zero-order valence-electron chi connectivity index (χ0n) is 13.1. The molecule has 2 saturated heterocycles. The normalized spacial score (nSPS) is 27.0. The summed E-state index contributed by atoms with van der Waals surface area (Å²) >= 11 is 0. The van der Waals surface area contributed by atoms with Gasteiger partial charge in [-0.3, -0.25) is 5.84 Å². The van der Waals surface area contributed by atoms with Gasteiger partial charge in [-0.05, 0) is 38.8 Å². The van der Waals surface area contributed by atoms with Gasteiger partial charge >= 0.3 is 6.10 Å². The van der Waals surface area contributed by atoms with E-state index in [1.165, 1.54) is 4.90 Å². The van der Waals surface area contributed by atoms with Gasteiger partial charge in [0.1, 0.15) is 0 Å². The summed E-state index contributed by atoms with van der Waals surface area (Å²) in [5, 5.41) is 34.0. The number of hydrazine groups is 1. The Labute approximate surface area is 126 Å². The molecule has 0 aromatic carbocycles. The number of nitrogens with zero attached hydrogens (tertiary/aromatic N) is 2. The molecule has 0 aromatic heterocycles. The molecule has 0 bridgehead atoms. The minimum absolute atomic E-state index is 0.0256. The molecule has 0 radical (unpaired) electrons. The van der Waals surface area contributed by atoms with Crippen LogP contribution in [0.3, 0.4) is 0 Å². The third kappa shape index (κ3) is 3.56. The predicted molar refractivity (Wildman–Crippen MR) is 79.7 cm³/mol. The maximum absolute atomic E-state index is 9.66. The summed E-state index contributed by atoms with van der Waals surface area (Å²) in [6, 6.07) is 0.0643. The molecule has 1 saturated carbocycles. The Bertz CT molecular complexity index is 328. The fourth-order valence-electron chi connectivity index (χ4n) is 4.08. The van der Waals surface area contributed by atoms with Crippen LogP contribution in [0.15, 0.2) is 0 Å². The summed E-state index contributed by atoms with van der Waals surface area (Å²) in [7, 11) is 0. The molecule has 0 aromatic rings. The number of nitrogens with one attached hydrogen (secondary N) is 1. The van der Waals surface area contributed by atoms with Gasteiger partial charge in [-0.1, -0.05) is 13.8 Å². The summed E-state index contributed by atoms with van der Waals surface area (Å²) in [4.78, 5) is 1.50. The standard InChI is InChI=1S/C12H24N4O3.C2H6/c13-15-7-11(8-15)5-10(6-11)16(12(17,18)19)9-1-3-14-4-2-9;1-2/h9-10,14,17-19H,1-8,13H2;1-2H3. The van der Waals surface area contributed by atoms with Crippen LogP contribution in [0.4, 0.5) is 0 Å². The number of hydrogen-bond acceptors (Lipinski definition) is 7. The van der Waals surface area contributed by atoms with Crippen LogP contribution in [0, 0.1) is 5.41 Å². The Balaban J connectivity index is 0.000000774. The van der Waals surface area contributed by atoms with E-state index in [1.54, 1.807) is 5.01 Å². The Hall–Kier alpha value is -0.280. The zero-order valence-corrected chi connectivity index (χ0v) is 13.1. The van der Waals surface area contributed by atoms with Gasteiger partial charge in [0.2, 0.25) is 0 Å². The van der Waals surface area contributed by atoms with Crippen molar-refractivity contribution >= 4 is 0 Å². The highest BCUT2D eigenvalue weighted by Crippen LogP contribution is 2.50. The number of nitrogens with two attached hydrogens (primary N) is 1. The lowest BCUT2D eigenvalue weighted by Crippen LogP contribution is -2.72. The average molecular weight is 302 g/mol. The van der Waals surface area contributed by atoms with Crippen LogP contribution in [0.2, 0.25) is 0 Å². The second kappa shape index (κ2) is 6.45. The van der Waals surface area contributed by atoms with Gasteiger partial charge in [0.25, 0.3) is 0 Å². The van der Waals surface area contributed by atoms with Gasteiger partial charge in [0, 0.05) is 30.6 Å². The van der Waals surface area contributed by atoms with Gasteiger partial charge in [-0.2, -0.15) is 0 Å². The quantitative estimate of drug-likeness (QED) is 0.336. The Morgan fingerprint density at radius 3 is 2.05 bits per heavy atom. The van der Waals surface area contributed by atoms with Gasteiger partial charge < -0.3 is 20.6 Å². The van der Waals surface area contributed by atoms with E-state index in [4.69, 9.17) is 5.84 Å². The molecule has 21 heavy (non-hydrogen) atoms. The highest BCUT2D eigenvalue weighted by atomic mass is 16.7. The number of aliphatic hydroxyl groups is 3. The molecule has 1 spiro atoms. The Kier molecular flexibility index (Phi) is 5.25. The maximum atomic E-state index is 9.66. The molecular weight excluding hydrogens is 272 g/mol. The minimum atomic E-state index is -2.71. The molecule has 3 aliphatic rings. The summed E-state index contributed by atoms with van der Waals surface area (Å²) in [5.41, 5.74) is 0.246. The first-order valence-corrected chi connectivity index (χ1v) is 8.06. The molecule has 3 fully saturated rings. The summed E-state index contributed by atoms with van der Waals surface area (Å²) < 4.78 is 0. The summed E-state index contributed by atoms with van der Waals surface area (Å²) in [6.07, 6.45) is 0.717. The van der Waals surface area contributed by atoms with Crippen molar-refractivity contribution in [2.75, 3.05) is 26.2 Å². The molecule has 2 aliphatic heterocycles. The monoisotopic (exact) mass is 302 g/mol. The van der Waals surface area contributed by atoms with E-state index >= 15 is 0 Å². The summed E-state index contributed by atoms with van der Waals surface area (Å²) in [5.74, 6) is 5.68. The first kappa shape index (κ1) is 17.1. The van der Waals surface area contributed by atoms with E-state index < -0.39 is 6.10 Å². The lowest BCUT2D eigenvalue weighted by Gasteiger charge is -2.61. The smallest absolute Gasteiger partial charge is 0.330 e. The minimum Gasteiger partial charge on any atom is -0.330 e. The first-order chi connectivity index (χ1) is 9.90. The second-order valence-electron chi connectivity index (χ2n) is 6.46. The van der Waals surface area contributed by atoms with E-state index in [2.05, 4.69) is 5.32 Å². The number of hydrogen-bond donors (Lipinski definition) is 5. The van der Waals surface area contributed by atoms with Crippen molar-refractivity contribution in [1.82, 2.24) is 15.2 Å². The van der Waals surface area contributed by atoms with Gasteiger partial charge in [0.05, 0.1) is 0 Å². The van der Waals surface area contributed by atoms with Gasteiger partial charge in [0.15, 0.2) is 0 Å². The van der Waals surface area contributed by atoms with Crippen molar-refractivity contribution in [2.24, 2.45) is 11.3 Å². The molecule has 7 nitrogen and oxygen atoms in total. The van der Waals surface area contributed by atoms with Crippen LogP contribution in [0.1, 0.15) is 39.5 Å². The van der Waals surface area contributed by atoms with Crippen molar-refractivity contribution in [2.45, 2.75) is 57.7 Å². The summed E-state index contributed by atoms with van der Waals surface area (Å²) in [6.45, 7) is 7.45. The Morgan fingerprint density at radius 2 is 1.62 bits per heavy atom. The molecule has 7 heteroatoms. The second-order valence-corrected chi connectivity index (χ2v) is 6.46. The van der Waals surface area contributed by atoms with Crippen LogP contribution >= 0.6 is 0 Å². The lowest BCUT2D eigenvalue weighted by molar-refractivity contribution is -0.418. The molecule has 3 rings (SSSR count). The molecular formula is C14H30N4O3. The molecule has 1 aliphatic carbocycles. The molecule has 6 N–H and O–H groups in total. The third-order valence-electron chi connectivity index (χ3n) is 4.86. The fourth-order valence-corrected chi connectivity index (χ4v) is 4.08. The highest BCUT2D eigenvalue weighted by molar-refractivity contribution is 5.07. The van der Waals surface area contributed by atoms with Crippen molar-refractivity contribution in [1.29, 1.82) is 0 Å². The maximum Gasteiger partial charge on any atom is 0.346 e. The van der Waals surface area contributed by atoms with Gasteiger partial charge in [-0.15, -0.1) is 0 Å². The molecule has 2 heterocycles. The van der Waals surface area contributed by atoms with Crippen molar-refractivity contribution in [3.63, 3.8) is 0 Å². The van der Waals surface area contributed by atoms with Crippen LogP contribution in [-0.2, 0) is 0 Å². The van der Waals surface area contributed by atoms with Crippen LogP contribution in [-0.4, -0.2) is 69.6 Å². The largest absolute Gasteiger partial charge is 0.346 e. The number of rotatable bonds is 3. The Morgan fingerprint density at radius 1 is 1.10 bits per heavy atom. The molecule has 0 unspecified atom stereocenters. The van der Waals surface area contributed by atoms with Crippen molar-refractivity contribution in [3.05, 3.63) is 0 Å². The molecule has 124 valence electrons. The van der Waals surface area contributed by atoms with E-state index in [1.807, 2.05) is 13.8 Å². The predicted octanol–water partition coefficient (Wildman–Crippen LogP) is -1.01. The zero-order chi connectivity index (χ0) is 15.7.